The van der Waals surface area contributed by atoms with Gasteiger partial charge in [-0.25, -0.2) is 8.78 Å². The number of rotatable bonds is 6. The second-order valence-corrected chi connectivity index (χ2v) is 8.89. The molecule has 0 aliphatic rings. The lowest BCUT2D eigenvalue weighted by atomic mass is 10.0. The van der Waals surface area contributed by atoms with Gasteiger partial charge in [0.1, 0.15) is 23.7 Å². The zero-order valence-corrected chi connectivity index (χ0v) is 20.6. The van der Waals surface area contributed by atoms with Gasteiger partial charge >= 0.3 is 0 Å². The van der Waals surface area contributed by atoms with Crippen LogP contribution in [0.5, 0.6) is 0 Å². The normalized spacial score (nSPS) is 11.8. The third kappa shape index (κ3) is 5.03. The first-order valence-electron chi connectivity index (χ1n) is 10.9. The summed E-state index contributed by atoms with van der Waals surface area (Å²) in [5.74, 6) is -0.337. The molecule has 0 fully saturated rings. The Hall–Kier alpha value is -4.26. The van der Waals surface area contributed by atoms with Gasteiger partial charge in [-0.1, -0.05) is 35.3 Å². The van der Waals surface area contributed by atoms with E-state index in [1.165, 1.54) is 36.5 Å². The molecule has 1 atom stereocenters. The van der Waals surface area contributed by atoms with E-state index >= 15 is 0 Å². The maximum atomic E-state index is 13.7. The van der Waals surface area contributed by atoms with Crippen LogP contribution in [-0.2, 0) is 0 Å². The molecule has 0 saturated carbocycles. The molecule has 5 rings (SSSR count). The third-order valence-electron chi connectivity index (χ3n) is 5.54. The maximum absolute atomic E-state index is 13.7. The summed E-state index contributed by atoms with van der Waals surface area (Å²) in [6, 6.07) is 14.8. The first kappa shape index (κ1) is 24.4. The third-order valence-corrected chi connectivity index (χ3v) is 6.05. The zero-order chi connectivity index (χ0) is 26.1. The Kier molecular flexibility index (Phi) is 6.61. The van der Waals surface area contributed by atoms with Crippen molar-refractivity contribution in [2.75, 3.05) is 10.6 Å². The van der Waals surface area contributed by atoms with E-state index in [2.05, 4.69) is 31.9 Å². The summed E-state index contributed by atoms with van der Waals surface area (Å²) in [6.45, 7) is 1.66. The number of nitriles is 1. The molecule has 1 unspecified atom stereocenters. The monoisotopic (exact) mass is 536 g/mol. The lowest BCUT2D eigenvalue weighted by Gasteiger charge is -2.20. The predicted molar refractivity (Wildman–Crippen MR) is 137 cm³/mol. The maximum Gasteiger partial charge on any atom is 0.243 e. The van der Waals surface area contributed by atoms with Crippen LogP contribution in [0.3, 0.4) is 0 Å². The average Bonchev–Trinajstić information content (AvgIpc) is 3.31. The van der Waals surface area contributed by atoms with Crippen molar-refractivity contribution in [3.63, 3.8) is 0 Å². The topological polar surface area (TPSA) is 99.7 Å². The number of pyridine rings is 1. The fourth-order valence-electron chi connectivity index (χ4n) is 3.84. The molecule has 184 valence electrons. The van der Waals surface area contributed by atoms with Crippen LogP contribution in [0.25, 0.3) is 10.9 Å². The van der Waals surface area contributed by atoms with Crippen molar-refractivity contribution in [1.82, 2.24) is 15.2 Å². The van der Waals surface area contributed by atoms with Gasteiger partial charge in [-0.15, -0.1) is 10.2 Å². The number of nitrogens with zero attached hydrogens (tertiary/aromatic N) is 4. The van der Waals surface area contributed by atoms with Gasteiger partial charge in [0.05, 0.1) is 27.5 Å². The lowest BCUT2D eigenvalue weighted by molar-refractivity contribution is 0.458. The summed E-state index contributed by atoms with van der Waals surface area (Å²) < 4.78 is 33.0. The van der Waals surface area contributed by atoms with E-state index in [-0.39, 0.29) is 22.3 Å². The molecular formula is C26H16Cl2F2N6O. The Balaban J connectivity index is 1.64. The van der Waals surface area contributed by atoms with E-state index in [9.17, 15) is 14.0 Å². The molecule has 0 aliphatic carbocycles. The van der Waals surface area contributed by atoms with Crippen LogP contribution in [0.15, 0.2) is 65.2 Å². The first-order chi connectivity index (χ1) is 17.8. The van der Waals surface area contributed by atoms with Crippen LogP contribution in [-0.4, -0.2) is 15.2 Å². The summed E-state index contributed by atoms with van der Waals surface area (Å²) in [6.07, 6.45) is 1.42. The average molecular weight is 537 g/mol. The Morgan fingerprint density at radius 2 is 1.81 bits per heavy atom. The van der Waals surface area contributed by atoms with Crippen LogP contribution in [0.1, 0.15) is 29.0 Å². The molecule has 0 bridgehead atoms. The number of benzene rings is 3. The fourth-order valence-corrected chi connectivity index (χ4v) is 4.24. The fraction of sp³-hybridized carbons (Fsp3) is 0.0769. The number of hydrogen-bond acceptors (Lipinski definition) is 7. The smallest absolute Gasteiger partial charge is 0.243 e. The van der Waals surface area contributed by atoms with Gasteiger partial charge in [0, 0.05) is 29.2 Å². The molecular weight excluding hydrogens is 521 g/mol. The van der Waals surface area contributed by atoms with Crippen molar-refractivity contribution >= 4 is 51.2 Å². The number of aryl methyl sites for hydroxylation is 1. The van der Waals surface area contributed by atoms with E-state index in [0.717, 1.165) is 0 Å². The molecule has 7 nitrogen and oxygen atoms in total. The second-order valence-electron chi connectivity index (χ2n) is 8.05. The highest BCUT2D eigenvalue weighted by molar-refractivity contribution is 6.32. The summed E-state index contributed by atoms with van der Waals surface area (Å²) in [7, 11) is 0. The molecule has 3 aromatic carbocycles. The molecule has 11 heteroatoms. The summed E-state index contributed by atoms with van der Waals surface area (Å²) in [4.78, 5) is 4.49. The highest BCUT2D eigenvalue weighted by Gasteiger charge is 2.23. The standard InChI is InChI=1S/C26H16Cl2F2N6O/c1-13-35-36-26(37-13)24(14-2-4-17(29)5-3-14)34-22-9-16(27)8-19-23(15(11-31)12-32-25(19)22)33-18-6-7-21(30)20(28)10-18/h2-10,12,24,34H,1H3,(H,32,33). The number of nitrogens with one attached hydrogen (secondary N) is 2. The van der Waals surface area contributed by atoms with E-state index in [0.29, 0.717) is 44.4 Å². The van der Waals surface area contributed by atoms with Crippen LogP contribution < -0.4 is 10.6 Å². The number of halogens is 4. The van der Waals surface area contributed by atoms with Gasteiger partial charge in [-0.2, -0.15) is 5.26 Å². The number of fused-ring (bicyclic) bond motifs is 1. The number of hydrogen-bond donors (Lipinski definition) is 2. The van der Waals surface area contributed by atoms with E-state index in [1.54, 1.807) is 31.2 Å². The van der Waals surface area contributed by atoms with Crippen LogP contribution in [0.4, 0.5) is 25.8 Å². The Bertz CT molecular complexity index is 1670. The van der Waals surface area contributed by atoms with Gasteiger partial charge in [-0.3, -0.25) is 4.98 Å². The van der Waals surface area contributed by atoms with Crippen molar-refractivity contribution < 1.29 is 13.2 Å². The molecule has 0 radical (unpaired) electrons. The number of anilines is 3. The lowest BCUT2D eigenvalue weighted by Crippen LogP contribution is -2.14. The van der Waals surface area contributed by atoms with Crippen LogP contribution in [0, 0.1) is 29.9 Å². The first-order valence-corrected chi connectivity index (χ1v) is 11.6. The van der Waals surface area contributed by atoms with Crippen molar-refractivity contribution in [2.45, 2.75) is 13.0 Å². The molecule has 5 aromatic rings. The number of aromatic nitrogens is 3. The van der Waals surface area contributed by atoms with Crippen molar-refractivity contribution in [3.05, 3.63) is 105 Å². The van der Waals surface area contributed by atoms with Crippen molar-refractivity contribution in [2.24, 2.45) is 0 Å². The summed E-state index contributed by atoms with van der Waals surface area (Å²) >= 11 is 12.4. The Labute approximate surface area is 219 Å². The highest BCUT2D eigenvalue weighted by Crippen LogP contribution is 2.37. The van der Waals surface area contributed by atoms with Crippen LogP contribution in [0.2, 0.25) is 10.0 Å². The molecule has 2 heterocycles. The Morgan fingerprint density at radius 3 is 2.49 bits per heavy atom. The quantitative estimate of drug-likeness (QED) is 0.234. The molecule has 0 saturated heterocycles. The largest absolute Gasteiger partial charge is 0.423 e. The molecule has 0 aliphatic heterocycles. The highest BCUT2D eigenvalue weighted by atomic mass is 35.5. The zero-order valence-electron chi connectivity index (χ0n) is 19.1. The summed E-state index contributed by atoms with van der Waals surface area (Å²) in [5, 5.41) is 25.1. The minimum absolute atomic E-state index is 0.0701. The van der Waals surface area contributed by atoms with E-state index in [1.807, 2.05) is 0 Å². The van der Waals surface area contributed by atoms with E-state index in [4.69, 9.17) is 27.6 Å². The second kappa shape index (κ2) is 10.0. The minimum atomic E-state index is -0.659. The van der Waals surface area contributed by atoms with Gasteiger partial charge < -0.3 is 15.1 Å². The van der Waals surface area contributed by atoms with E-state index < -0.39 is 11.9 Å². The van der Waals surface area contributed by atoms with Crippen molar-refractivity contribution in [3.8, 4) is 6.07 Å². The predicted octanol–water partition coefficient (Wildman–Crippen LogP) is 7.33. The van der Waals surface area contributed by atoms with Gasteiger partial charge in [0.25, 0.3) is 0 Å². The molecule has 0 spiro atoms. The molecule has 2 N–H and O–H groups in total. The minimum Gasteiger partial charge on any atom is -0.423 e. The SMILES string of the molecule is Cc1nnc(C(Nc2cc(Cl)cc3c(Nc4ccc(F)c(Cl)c4)c(C#N)cnc23)c2ccc(F)cc2)o1. The van der Waals surface area contributed by atoms with Crippen molar-refractivity contribution in [1.29, 1.82) is 5.26 Å². The van der Waals surface area contributed by atoms with Gasteiger partial charge in [-0.05, 0) is 48.0 Å². The van der Waals surface area contributed by atoms with Crippen LogP contribution >= 0.6 is 23.2 Å². The molecule has 0 amide bonds. The summed E-state index contributed by atoms with van der Waals surface area (Å²) in [5.41, 5.74) is 2.75. The molecule has 2 aromatic heterocycles. The van der Waals surface area contributed by atoms with Gasteiger partial charge in [0.2, 0.25) is 11.8 Å². The van der Waals surface area contributed by atoms with Gasteiger partial charge in [0.15, 0.2) is 0 Å². The molecule has 37 heavy (non-hydrogen) atoms. The Morgan fingerprint density at radius 1 is 1.03 bits per heavy atom.